The summed E-state index contributed by atoms with van der Waals surface area (Å²) in [7, 11) is 4.09. The maximum Gasteiger partial charge on any atom is 0.274 e. The molecule has 2 saturated heterocycles. The fourth-order valence-electron chi connectivity index (χ4n) is 2.62. The van der Waals surface area contributed by atoms with Crippen molar-refractivity contribution in [2.45, 2.75) is 6.92 Å². The van der Waals surface area contributed by atoms with E-state index in [1.165, 1.54) is 6.26 Å². The number of rotatable bonds is 6. The van der Waals surface area contributed by atoms with Crippen LogP contribution >= 0.6 is 0 Å². The Morgan fingerprint density at radius 3 is 1.60 bits per heavy atom. The second-order valence-corrected chi connectivity index (χ2v) is 6.45. The first-order valence-electron chi connectivity index (χ1n) is 8.80. The van der Waals surface area contributed by atoms with Crippen molar-refractivity contribution < 1.29 is 14.3 Å². The molecular weight excluding hydrogens is 324 g/mol. The molecule has 0 aromatic rings. The third-order valence-corrected chi connectivity index (χ3v) is 4.38. The van der Waals surface area contributed by atoms with E-state index in [-0.39, 0.29) is 5.57 Å². The van der Waals surface area contributed by atoms with Gasteiger partial charge in [-0.1, -0.05) is 0 Å². The maximum atomic E-state index is 12.5. The zero-order valence-corrected chi connectivity index (χ0v) is 15.5. The summed E-state index contributed by atoms with van der Waals surface area (Å²) in [4.78, 5) is 29.5. The van der Waals surface area contributed by atoms with E-state index >= 15 is 0 Å². The molecule has 2 heterocycles. The minimum atomic E-state index is -0.440. The van der Waals surface area contributed by atoms with Crippen LogP contribution in [0.4, 0.5) is 0 Å². The summed E-state index contributed by atoms with van der Waals surface area (Å²) in [6.45, 7) is 8.61. The summed E-state index contributed by atoms with van der Waals surface area (Å²) in [5.41, 5.74) is 5.60. The van der Waals surface area contributed by atoms with E-state index in [0.29, 0.717) is 6.61 Å². The van der Waals surface area contributed by atoms with Gasteiger partial charge in [0.2, 0.25) is 0 Å². The van der Waals surface area contributed by atoms with Gasteiger partial charge in [-0.25, -0.2) is 10.0 Å². The highest BCUT2D eigenvalue weighted by molar-refractivity contribution is 6.17. The number of carbonyl (C=O) groups is 2. The van der Waals surface area contributed by atoms with Crippen LogP contribution in [0.3, 0.4) is 0 Å². The second kappa shape index (κ2) is 9.71. The van der Waals surface area contributed by atoms with Gasteiger partial charge in [0.1, 0.15) is 11.8 Å². The molecule has 9 heteroatoms. The normalized spacial score (nSPS) is 20.8. The van der Waals surface area contributed by atoms with Crippen LogP contribution in [0.25, 0.3) is 0 Å². The molecule has 0 bridgehead atoms. The van der Waals surface area contributed by atoms with Crippen LogP contribution in [-0.2, 0) is 14.3 Å². The van der Waals surface area contributed by atoms with Crippen molar-refractivity contribution in [3.05, 3.63) is 11.8 Å². The van der Waals surface area contributed by atoms with Gasteiger partial charge in [0, 0.05) is 52.4 Å². The number of hydrogen-bond acceptors (Lipinski definition) is 7. The number of hydrazine groups is 2. The number of amides is 2. The Labute approximate surface area is 149 Å². The minimum Gasteiger partial charge on any atom is -0.500 e. The van der Waals surface area contributed by atoms with Crippen molar-refractivity contribution >= 4 is 11.8 Å². The average Bonchev–Trinajstić information content (AvgIpc) is 2.59. The van der Waals surface area contributed by atoms with Crippen molar-refractivity contribution in [1.82, 2.24) is 30.7 Å². The number of piperazine rings is 2. The van der Waals surface area contributed by atoms with Crippen LogP contribution in [0, 0.1) is 0 Å². The largest absolute Gasteiger partial charge is 0.500 e. The summed E-state index contributed by atoms with van der Waals surface area (Å²) in [6.07, 6.45) is 1.25. The molecule has 0 aromatic heterocycles. The molecule has 2 fully saturated rings. The number of likely N-dealkylation sites (N-methyl/N-ethyl adjacent to an activating group) is 2. The van der Waals surface area contributed by atoms with Crippen LogP contribution in [-0.4, -0.2) is 105 Å². The van der Waals surface area contributed by atoms with E-state index < -0.39 is 11.8 Å². The minimum absolute atomic E-state index is 0.0142. The first-order valence-corrected chi connectivity index (χ1v) is 8.80. The van der Waals surface area contributed by atoms with Crippen molar-refractivity contribution in [1.29, 1.82) is 0 Å². The van der Waals surface area contributed by atoms with Crippen LogP contribution < -0.4 is 10.9 Å². The average molecular weight is 354 g/mol. The Bertz CT molecular complexity index is 444. The molecule has 2 aliphatic rings. The van der Waals surface area contributed by atoms with Crippen molar-refractivity contribution in [3.63, 3.8) is 0 Å². The highest BCUT2D eigenvalue weighted by atomic mass is 16.5. The second-order valence-electron chi connectivity index (χ2n) is 6.45. The molecule has 0 aliphatic carbocycles. The zero-order valence-electron chi connectivity index (χ0n) is 15.5. The SMILES string of the molecule is CCOC=C(C(=O)NN1CCN(C)CC1)C(=O)NN1CCN(C)CC1. The van der Waals surface area contributed by atoms with Gasteiger partial charge in [-0.3, -0.25) is 20.4 Å². The number of ether oxygens (including phenoxy) is 1. The molecule has 0 aromatic carbocycles. The van der Waals surface area contributed by atoms with E-state index in [2.05, 4.69) is 20.7 Å². The van der Waals surface area contributed by atoms with Crippen LogP contribution in [0.15, 0.2) is 11.8 Å². The summed E-state index contributed by atoms with van der Waals surface area (Å²) in [5, 5.41) is 3.68. The summed E-state index contributed by atoms with van der Waals surface area (Å²) >= 11 is 0. The molecule has 25 heavy (non-hydrogen) atoms. The van der Waals surface area contributed by atoms with Gasteiger partial charge >= 0.3 is 0 Å². The maximum absolute atomic E-state index is 12.5. The van der Waals surface area contributed by atoms with Gasteiger partial charge in [0.25, 0.3) is 11.8 Å². The van der Waals surface area contributed by atoms with E-state index in [0.717, 1.165) is 52.4 Å². The fraction of sp³-hybridized carbons (Fsp3) is 0.750. The first-order chi connectivity index (χ1) is 12.0. The number of nitrogens with one attached hydrogen (secondary N) is 2. The molecule has 0 radical (unpaired) electrons. The summed E-state index contributed by atoms with van der Waals surface area (Å²) in [5.74, 6) is -0.880. The molecule has 2 aliphatic heterocycles. The van der Waals surface area contributed by atoms with Gasteiger partial charge in [-0.2, -0.15) is 0 Å². The Hall–Kier alpha value is -1.68. The standard InChI is InChI=1S/C16H30N6O3/c1-4-25-13-14(15(23)17-21-9-5-19(2)6-10-21)16(24)18-22-11-7-20(3)8-12-22/h13H,4-12H2,1-3H3,(H,17,23)(H,18,24). The predicted octanol–water partition coefficient (Wildman–Crippen LogP) is -1.54. The smallest absolute Gasteiger partial charge is 0.274 e. The quantitative estimate of drug-likeness (QED) is 0.259. The highest BCUT2D eigenvalue weighted by Crippen LogP contribution is 2.03. The van der Waals surface area contributed by atoms with Gasteiger partial charge in [-0.05, 0) is 21.0 Å². The lowest BCUT2D eigenvalue weighted by molar-refractivity contribution is -0.129. The topological polar surface area (TPSA) is 80.4 Å². The van der Waals surface area contributed by atoms with E-state index in [1.54, 1.807) is 0 Å². The van der Waals surface area contributed by atoms with Crippen LogP contribution in [0.5, 0.6) is 0 Å². The predicted molar refractivity (Wildman–Crippen MR) is 94.1 cm³/mol. The van der Waals surface area contributed by atoms with Crippen molar-refractivity contribution in [3.8, 4) is 0 Å². The highest BCUT2D eigenvalue weighted by Gasteiger charge is 2.25. The molecule has 0 spiro atoms. The van der Waals surface area contributed by atoms with Crippen molar-refractivity contribution in [2.24, 2.45) is 0 Å². The molecule has 0 unspecified atom stereocenters. The number of hydrogen-bond donors (Lipinski definition) is 2. The first kappa shape index (κ1) is 19.6. The molecule has 2 amide bonds. The molecule has 2 N–H and O–H groups in total. The Morgan fingerprint density at radius 1 is 0.840 bits per heavy atom. The number of nitrogens with zero attached hydrogens (tertiary/aromatic N) is 4. The lowest BCUT2D eigenvalue weighted by atomic mass is 10.2. The van der Waals surface area contributed by atoms with Crippen LogP contribution in [0.1, 0.15) is 6.92 Å². The van der Waals surface area contributed by atoms with Crippen LogP contribution in [0.2, 0.25) is 0 Å². The van der Waals surface area contributed by atoms with E-state index in [4.69, 9.17) is 4.74 Å². The van der Waals surface area contributed by atoms with Crippen molar-refractivity contribution in [2.75, 3.05) is 73.1 Å². The summed E-state index contributed by atoms with van der Waals surface area (Å²) < 4.78 is 5.21. The van der Waals surface area contributed by atoms with Gasteiger partial charge in [0.05, 0.1) is 6.61 Å². The Balaban J connectivity index is 1.92. The lowest BCUT2D eigenvalue weighted by Crippen LogP contribution is -2.55. The third-order valence-electron chi connectivity index (χ3n) is 4.38. The lowest BCUT2D eigenvalue weighted by Gasteiger charge is -2.33. The molecule has 9 nitrogen and oxygen atoms in total. The van der Waals surface area contributed by atoms with E-state index in [9.17, 15) is 9.59 Å². The molecule has 2 rings (SSSR count). The molecule has 0 saturated carbocycles. The monoisotopic (exact) mass is 354 g/mol. The molecular formula is C16H30N6O3. The van der Waals surface area contributed by atoms with Gasteiger partial charge in [0.15, 0.2) is 0 Å². The molecule has 0 atom stereocenters. The van der Waals surface area contributed by atoms with E-state index in [1.807, 2.05) is 31.0 Å². The van der Waals surface area contributed by atoms with Gasteiger partial charge in [-0.15, -0.1) is 0 Å². The fourth-order valence-corrected chi connectivity index (χ4v) is 2.62. The zero-order chi connectivity index (χ0) is 18.2. The Morgan fingerprint density at radius 2 is 1.24 bits per heavy atom. The van der Waals surface area contributed by atoms with Gasteiger partial charge < -0.3 is 14.5 Å². The summed E-state index contributed by atoms with van der Waals surface area (Å²) in [6, 6.07) is 0. The molecule has 142 valence electrons. The Kier molecular flexibility index (Phi) is 7.63. The number of carbonyl (C=O) groups excluding carboxylic acids is 2. The third kappa shape index (κ3) is 6.28.